The van der Waals surface area contributed by atoms with Gasteiger partial charge in [-0.05, 0) is 34.5 Å². The predicted octanol–water partition coefficient (Wildman–Crippen LogP) is 2.28. The van der Waals surface area contributed by atoms with Gasteiger partial charge in [0.15, 0.2) is 0 Å². The van der Waals surface area contributed by atoms with E-state index in [1.54, 1.807) is 0 Å². The van der Waals surface area contributed by atoms with Crippen LogP contribution >= 0.6 is 15.9 Å². The van der Waals surface area contributed by atoms with Gasteiger partial charge in [0, 0.05) is 6.54 Å². The zero-order valence-corrected chi connectivity index (χ0v) is 10.5. The number of sulfonamides is 1. The average molecular weight is 296 g/mol. The van der Waals surface area contributed by atoms with E-state index < -0.39 is 15.8 Å². The lowest BCUT2D eigenvalue weighted by molar-refractivity contribution is 0.575. The fourth-order valence-electron chi connectivity index (χ4n) is 1.01. The Labute approximate surface area is 96.9 Å². The third kappa shape index (κ3) is 2.99. The lowest BCUT2D eigenvalue weighted by Gasteiger charge is -2.07. The molecule has 3 nitrogen and oxygen atoms in total. The quantitative estimate of drug-likeness (QED) is 0.926. The summed E-state index contributed by atoms with van der Waals surface area (Å²) in [6, 6.07) is 3.91. The molecule has 15 heavy (non-hydrogen) atoms. The molecule has 0 heterocycles. The number of halogens is 2. The minimum absolute atomic E-state index is 0.0337. The fraction of sp³-hybridized carbons (Fsp3) is 0.333. The average Bonchev–Trinajstić information content (AvgIpc) is 2.19. The first-order valence-corrected chi connectivity index (χ1v) is 6.70. The number of rotatable bonds is 4. The summed E-state index contributed by atoms with van der Waals surface area (Å²) < 4.78 is 38.7. The standard InChI is InChI=1S/C9H11BrFNO2S/c1-2-6-12-15(13,14)8-5-3-4-7(11)9(8)10/h3-5,12H,2,6H2,1H3. The van der Waals surface area contributed by atoms with Crippen molar-refractivity contribution in [2.24, 2.45) is 0 Å². The lowest BCUT2D eigenvalue weighted by Crippen LogP contribution is -2.24. The summed E-state index contributed by atoms with van der Waals surface area (Å²) in [5, 5.41) is 0. The van der Waals surface area contributed by atoms with E-state index in [-0.39, 0.29) is 9.37 Å². The molecule has 1 rings (SSSR count). The SMILES string of the molecule is CCCNS(=O)(=O)c1cccc(F)c1Br. The van der Waals surface area contributed by atoms with Crippen LogP contribution in [0.3, 0.4) is 0 Å². The van der Waals surface area contributed by atoms with Gasteiger partial charge in [-0.2, -0.15) is 0 Å². The molecule has 0 aromatic heterocycles. The Morgan fingerprint density at radius 1 is 1.47 bits per heavy atom. The van der Waals surface area contributed by atoms with Crippen molar-refractivity contribution in [3.05, 3.63) is 28.5 Å². The highest BCUT2D eigenvalue weighted by atomic mass is 79.9. The zero-order chi connectivity index (χ0) is 11.5. The van der Waals surface area contributed by atoms with Crippen molar-refractivity contribution in [3.8, 4) is 0 Å². The van der Waals surface area contributed by atoms with Crippen LogP contribution in [0.2, 0.25) is 0 Å². The second kappa shape index (κ2) is 5.05. The Hall–Kier alpha value is -0.460. The first kappa shape index (κ1) is 12.6. The van der Waals surface area contributed by atoms with Crippen molar-refractivity contribution in [2.45, 2.75) is 18.2 Å². The highest BCUT2D eigenvalue weighted by Gasteiger charge is 2.18. The molecule has 0 aliphatic rings. The summed E-state index contributed by atoms with van der Waals surface area (Å²) in [6.07, 6.45) is 0.687. The topological polar surface area (TPSA) is 46.2 Å². The molecule has 84 valence electrons. The van der Waals surface area contributed by atoms with Gasteiger partial charge in [-0.3, -0.25) is 0 Å². The summed E-state index contributed by atoms with van der Waals surface area (Å²) in [5.74, 6) is -0.589. The van der Waals surface area contributed by atoms with E-state index in [2.05, 4.69) is 20.7 Å². The fourth-order valence-corrected chi connectivity index (χ4v) is 3.13. The van der Waals surface area contributed by atoms with Gasteiger partial charge in [0.2, 0.25) is 10.0 Å². The maximum Gasteiger partial charge on any atom is 0.241 e. The van der Waals surface area contributed by atoms with Gasteiger partial charge in [0.1, 0.15) is 5.82 Å². The van der Waals surface area contributed by atoms with Crippen LogP contribution in [0, 0.1) is 5.82 Å². The summed E-state index contributed by atoms with van der Waals surface area (Å²) in [5.41, 5.74) is 0. The molecule has 0 fully saturated rings. The van der Waals surface area contributed by atoms with E-state index in [4.69, 9.17) is 0 Å². The van der Waals surface area contributed by atoms with E-state index in [1.165, 1.54) is 18.2 Å². The molecule has 0 aliphatic carbocycles. The minimum atomic E-state index is -3.61. The number of nitrogens with one attached hydrogen (secondary N) is 1. The largest absolute Gasteiger partial charge is 0.241 e. The molecule has 0 atom stereocenters. The molecular formula is C9H11BrFNO2S. The van der Waals surface area contributed by atoms with E-state index in [9.17, 15) is 12.8 Å². The van der Waals surface area contributed by atoms with E-state index in [1.807, 2.05) is 6.92 Å². The van der Waals surface area contributed by atoms with E-state index >= 15 is 0 Å². The molecule has 0 unspecified atom stereocenters. The monoisotopic (exact) mass is 295 g/mol. The molecule has 0 spiro atoms. The van der Waals surface area contributed by atoms with Crippen LogP contribution in [0.4, 0.5) is 4.39 Å². The van der Waals surface area contributed by atoms with Gasteiger partial charge in [0.25, 0.3) is 0 Å². The molecule has 0 bridgehead atoms. The molecule has 0 saturated heterocycles. The number of hydrogen-bond donors (Lipinski definition) is 1. The Kier molecular flexibility index (Phi) is 4.24. The van der Waals surface area contributed by atoms with Crippen LogP contribution in [-0.4, -0.2) is 15.0 Å². The summed E-state index contributed by atoms with van der Waals surface area (Å²) in [7, 11) is -3.61. The van der Waals surface area contributed by atoms with Crippen molar-refractivity contribution >= 4 is 26.0 Å². The molecule has 0 radical (unpaired) electrons. The second-order valence-corrected chi connectivity index (χ2v) is 5.48. The van der Waals surface area contributed by atoms with Crippen LogP contribution in [0.15, 0.2) is 27.6 Å². The first-order valence-electron chi connectivity index (χ1n) is 4.42. The van der Waals surface area contributed by atoms with Gasteiger partial charge in [-0.1, -0.05) is 13.0 Å². The van der Waals surface area contributed by atoms with Gasteiger partial charge in [0.05, 0.1) is 9.37 Å². The van der Waals surface area contributed by atoms with Crippen molar-refractivity contribution in [2.75, 3.05) is 6.54 Å². The maximum absolute atomic E-state index is 13.1. The van der Waals surface area contributed by atoms with Crippen LogP contribution in [0.25, 0.3) is 0 Å². The number of benzene rings is 1. The molecule has 0 saturated carbocycles. The molecule has 1 aromatic carbocycles. The highest BCUT2D eigenvalue weighted by molar-refractivity contribution is 9.10. The summed E-state index contributed by atoms with van der Waals surface area (Å²) in [6.45, 7) is 2.19. The van der Waals surface area contributed by atoms with Gasteiger partial charge < -0.3 is 0 Å². The minimum Gasteiger partial charge on any atom is -0.211 e. The van der Waals surface area contributed by atoms with Crippen molar-refractivity contribution in [1.82, 2.24) is 4.72 Å². The predicted molar refractivity (Wildman–Crippen MR) is 59.6 cm³/mol. The first-order chi connectivity index (χ1) is 6.99. The second-order valence-electron chi connectivity index (χ2n) is 2.95. The third-order valence-corrected chi connectivity index (χ3v) is 4.32. The molecule has 0 aliphatic heterocycles. The number of hydrogen-bond acceptors (Lipinski definition) is 2. The van der Waals surface area contributed by atoms with E-state index in [0.29, 0.717) is 13.0 Å². The summed E-state index contributed by atoms with van der Waals surface area (Å²) >= 11 is 2.91. The van der Waals surface area contributed by atoms with Crippen molar-refractivity contribution in [1.29, 1.82) is 0 Å². The molecule has 1 aromatic rings. The van der Waals surface area contributed by atoms with Crippen molar-refractivity contribution < 1.29 is 12.8 Å². The Balaban J connectivity index is 3.10. The lowest BCUT2D eigenvalue weighted by atomic mass is 10.3. The van der Waals surface area contributed by atoms with Gasteiger partial charge in [-0.15, -0.1) is 0 Å². The molecular weight excluding hydrogens is 285 g/mol. The van der Waals surface area contributed by atoms with Crippen LogP contribution in [0.1, 0.15) is 13.3 Å². The van der Waals surface area contributed by atoms with Crippen molar-refractivity contribution in [3.63, 3.8) is 0 Å². The Morgan fingerprint density at radius 3 is 2.73 bits per heavy atom. The molecule has 0 amide bonds. The van der Waals surface area contributed by atoms with Crippen LogP contribution in [-0.2, 0) is 10.0 Å². The summed E-state index contributed by atoms with van der Waals surface area (Å²) in [4.78, 5) is -0.0732. The normalized spacial score (nSPS) is 11.7. The third-order valence-electron chi connectivity index (χ3n) is 1.75. The van der Waals surface area contributed by atoms with Gasteiger partial charge in [-0.25, -0.2) is 17.5 Å². The molecule has 6 heteroatoms. The molecule has 1 N–H and O–H groups in total. The van der Waals surface area contributed by atoms with E-state index in [0.717, 1.165) is 0 Å². The highest BCUT2D eigenvalue weighted by Crippen LogP contribution is 2.24. The smallest absolute Gasteiger partial charge is 0.211 e. The Morgan fingerprint density at radius 2 is 2.13 bits per heavy atom. The Bertz CT molecular complexity index is 447. The zero-order valence-electron chi connectivity index (χ0n) is 8.13. The van der Waals surface area contributed by atoms with Crippen LogP contribution in [0.5, 0.6) is 0 Å². The van der Waals surface area contributed by atoms with Gasteiger partial charge >= 0.3 is 0 Å². The van der Waals surface area contributed by atoms with Crippen LogP contribution < -0.4 is 4.72 Å². The maximum atomic E-state index is 13.1.